The summed E-state index contributed by atoms with van der Waals surface area (Å²) in [6.45, 7) is 36.3. The summed E-state index contributed by atoms with van der Waals surface area (Å²) in [5.74, 6) is 0.460. The van der Waals surface area contributed by atoms with E-state index in [1.165, 1.54) is 44.5 Å². The van der Waals surface area contributed by atoms with Gasteiger partial charge >= 0.3 is 11.9 Å². The zero-order valence-corrected chi connectivity index (χ0v) is 28.8. The van der Waals surface area contributed by atoms with Crippen LogP contribution in [0.4, 0.5) is 0 Å². The van der Waals surface area contributed by atoms with Gasteiger partial charge in [-0.2, -0.15) is 0 Å². The Bertz CT molecular complexity index is 1640. The minimum Gasteiger partial charge on any atom is -0.423 e. The van der Waals surface area contributed by atoms with Crippen molar-refractivity contribution in [1.29, 1.82) is 0 Å². The molecule has 0 bridgehead atoms. The van der Waals surface area contributed by atoms with Crippen LogP contribution in [0.5, 0.6) is 11.5 Å². The average molecular weight is 581 g/mol. The van der Waals surface area contributed by atoms with Crippen LogP contribution in [0.25, 0.3) is 11.1 Å². The lowest BCUT2D eigenvalue weighted by Gasteiger charge is -2.27. The first kappa shape index (κ1) is 33.6. The predicted octanol–water partition coefficient (Wildman–Crippen LogP) is 9.61. The van der Waals surface area contributed by atoms with Crippen LogP contribution in [0.1, 0.15) is 91.7 Å². The highest BCUT2D eigenvalue weighted by atomic mass is 16.5. The Morgan fingerprint density at radius 2 is 0.674 bits per heavy atom. The second-order valence-electron chi connectivity index (χ2n) is 12.4. The van der Waals surface area contributed by atoms with Crippen LogP contribution in [0, 0.1) is 83.1 Å². The fourth-order valence-electron chi connectivity index (χ4n) is 6.15. The molecule has 3 rings (SSSR count). The van der Waals surface area contributed by atoms with E-state index in [0.717, 1.165) is 50.9 Å². The molecule has 0 fully saturated rings. The van der Waals surface area contributed by atoms with E-state index in [4.69, 9.17) is 9.47 Å². The Morgan fingerprint density at radius 1 is 0.442 bits per heavy atom. The van der Waals surface area contributed by atoms with Crippen LogP contribution in [0.15, 0.2) is 24.3 Å². The summed E-state index contributed by atoms with van der Waals surface area (Å²) in [7, 11) is 0. The zero-order valence-electron chi connectivity index (χ0n) is 28.8. The molecule has 0 N–H and O–H groups in total. The standard InChI is InChI=1S/C39H48O4/c1-18(2)38(40)42-36-28(13)22(7)33(23(8)29(36)14)17-32-20(5)24(9)34(25(10)21(32)6)35-26(11)30(15)37(31(16)27(35)12)43-39(41)19(3)4/h1,3,17H2,2,4-16H3. The maximum Gasteiger partial charge on any atom is 0.338 e. The summed E-state index contributed by atoms with van der Waals surface area (Å²) in [6.07, 6.45) is 0.791. The number of carbonyl (C=O) groups excluding carboxylic acids is 2. The molecule has 3 aromatic carbocycles. The van der Waals surface area contributed by atoms with Crippen molar-refractivity contribution < 1.29 is 19.1 Å². The Kier molecular flexibility index (Phi) is 9.65. The molecule has 0 amide bonds. The molecule has 4 nitrogen and oxygen atoms in total. The van der Waals surface area contributed by atoms with Crippen LogP contribution in [0.3, 0.4) is 0 Å². The number of benzene rings is 3. The van der Waals surface area contributed by atoms with Gasteiger partial charge in [0.25, 0.3) is 0 Å². The van der Waals surface area contributed by atoms with Crippen molar-refractivity contribution in [2.24, 2.45) is 0 Å². The van der Waals surface area contributed by atoms with E-state index < -0.39 is 11.9 Å². The van der Waals surface area contributed by atoms with E-state index in [1.807, 2.05) is 27.7 Å². The lowest BCUT2D eigenvalue weighted by molar-refractivity contribution is -0.131. The second-order valence-corrected chi connectivity index (χ2v) is 12.4. The van der Waals surface area contributed by atoms with Crippen molar-refractivity contribution in [1.82, 2.24) is 0 Å². The summed E-state index contributed by atoms with van der Waals surface area (Å²) < 4.78 is 11.6. The predicted molar refractivity (Wildman–Crippen MR) is 179 cm³/mol. The molecule has 0 spiro atoms. The second kappa shape index (κ2) is 12.4. The number of carbonyl (C=O) groups is 2. The first-order chi connectivity index (χ1) is 19.8. The smallest absolute Gasteiger partial charge is 0.338 e. The monoisotopic (exact) mass is 580 g/mol. The molecular weight excluding hydrogens is 532 g/mol. The number of ether oxygens (including phenoxy) is 2. The molecule has 0 unspecified atom stereocenters. The Morgan fingerprint density at radius 3 is 0.953 bits per heavy atom. The maximum atomic E-state index is 12.4. The van der Waals surface area contributed by atoms with Gasteiger partial charge in [0.1, 0.15) is 11.5 Å². The molecule has 0 radical (unpaired) electrons. The minimum absolute atomic E-state index is 0.380. The third-order valence-corrected chi connectivity index (χ3v) is 9.74. The average Bonchev–Trinajstić information content (AvgIpc) is 2.95. The van der Waals surface area contributed by atoms with Gasteiger partial charge < -0.3 is 9.47 Å². The van der Waals surface area contributed by atoms with Gasteiger partial charge in [-0.05, 0) is 192 Å². The largest absolute Gasteiger partial charge is 0.423 e. The van der Waals surface area contributed by atoms with Gasteiger partial charge in [-0.25, -0.2) is 9.59 Å². The lowest BCUT2D eigenvalue weighted by Crippen LogP contribution is -2.14. The van der Waals surface area contributed by atoms with Crippen molar-refractivity contribution in [3.05, 3.63) is 102 Å². The number of hydrogen-bond donors (Lipinski definition) is 0. The molecule has 0 aliphatic heterocycles. The third-order valence-electron chi connectivity index (χ3n) is 9.74. The van der Waals surface area contributed by atoms with E-state index >= 15 is 0 Å². The van der Waals surface area contributed by atoms with Crippen LogP contribution in [0.2, 0.25) is 0 Å². The zero-order chi connectivity index (χ0) is 32.8. The van der Waals surface area contributed by atoms with E-state index in [0.29, 0.717) is 22.6 Å². The lowest BCUT2D eigenvalue weighted by atomic mass is 9.79. The van der Waals surface area contributed by atoms with E-state index in [1.54, 1.807) is 13.8 Å². The normalized spacial score (nSPS) is 11.0. The molecule has 0 aliphatic carbocycles. The molecule has 0 aliphatic rings. The summed E-state index contributed by atoms with van der Waals surface area (Å²) in [5, 5.41) is 0. The fraction of sp³-hybridized carbons (Fsp3) is 0.385. The van der Waals surface area contributed by atoms with E-state index in [-0.39, 0.29) is 0 Å². The fourth-order valence-corrected chi connectivity index (χ4v) is 6.15. The first-order valence-electron chi connectivity index (χ1n) is 14.9. The Hall–Kier alpha value is -3.92. The highest BCUT2D eigenvalue weighted by Crippen LogP contribution is 2.44. The van der Waals surface area contributed by atoms with Crippen LogP contribution in [-0.4, -0.2) is 11.9 Å². The van der Waals surface area contributed by atoms with Crippen molar-refractivity contribution in [3.8, 4) is 22.6 Å². The van der Waals surface area contributed by atoms with Crippen molar-refractivity contribution in [2.45, 2.75) is 103 Å². The number of hydrogen-bond acceptors (Lipinski definition) is 4. The van der Waals surface area contributed by atoms with Crippen molar-refractivity contribution in [3.63, 3.8) is 0 Å². The molecule has 0 aromatic heterocycles. The van der Waals surface area contributed by atoms with Gasteiger partial charge in [-0.3, -0.25) is 0 Å². The molecule has 3 aromatic rings. The summed E-state index contributed by atoms with van der Waals surface area (Å²) in [6, 6.07) is 0. The molecule has 0 saturated carbocycles. The topological polar surface area (TPSA) is 52.6 Å². The van der Waals surface area contributed by atoms with Crippen molar-refractivity contribution in [2.75, 3.05) is 0 Å². The van der Waals surface area contributed by atoms with Gasteiger partial charge in [0.2, 0.25) is 0 Å². The van der Waals surface area contributed by atoms with Gasteiger partial charge in [-0.15, -0.1) is 0 Å². The van der Waals surface area contributed by atoms with Crippen LogP contribution < -0.4 is 9.47 Å². The quantitative estimate of drug-likeness (QED) is 0.159. The first-order valence-corrected chi connectivity index (χ1v) is 14.9. The van der Waals surface area contributed by atoms with Crippen molar-refractivity contribution >= 4 is 11.9 Å². The highest BCUT2D eigenvalue weighted by molar-refractivity contribution is 5.90. The minimum atomic E-state index is -0.403. The molecule has 0 heterocycles. The molecule has 0 saturated heterocycles. The molecular formula is C39H48O4. The van der Waals surface area contributed by atoms with Gasteiger partial charge in [0.15, 0.2) is 0 Å². The van der Waals surface area contributed by atoms with Gasteiger partial charge in [-0.1, -0.05) is 13.2 Å². The molecule has 0 atom stereocenters. The summed E-state index contributed by atoms with van der Waals surface area (Å²) in [4.78, 5) is 24.8. The molecule has 43 heavy (non-hydrogen) atoms. The SMILES string of the molecule is C=C(C)C(=O)Oc1c(C)c(C)c(Cc2c(C)c(C)c(-c3c(C)c(C)c(OC(=O)C(=C)C)c(C)c3C)c(C)c2C)c(C)c1C. The molecule has 228 valence electrons. The number of esters is 2. The molecule has 4 heteroatoms. The van der Waals surface area contributed by atoms with Gasteiger partial charge in [0, 0.05) is 11.1 Å². The summed E-state index contributed by atoms with van der Waals surface area (Å²) in [5.41, 5.74) is 19.3. The Labute approximate surface area is 258 Å². The van der Waals surface area contributed by atoms with Crippen LogP contribution >= 0.6 is 0 Å². The van der Waals surface area contributed by atoms with E-state index in [9.17, 15) is 9.59 Å². The van der Waals surface area contributed by atoms with Gasteiger partial charge in [0.05, 0.1) is 0 Å². The Balaban J connectivity index is 2.23. The highest BCUT2D eigenvalue weighted by Gasteiger charge is 2.25. The maximum absolute atomic E-state index is 12.4. The third kappa shape index (κ3) is 5.85. The summed E-state index contributed by atoms with van der Waals surface area (Å²) >= 11 is 0. The number of rotatable bonds is 7. The van der Waals surface area contributed by atoms with Crippen LogP contribution in [-0.2, 0) is 16.0 Å². The van der Waals surface area contributed by atoms with E-state index in [2.05, 4.69) is 68.5 Å².